The van der Waals surface area contributed by atoms with Crippen LogP contribution in [0.1, 0.15) is 5.56 Å². The third kappa shape index (κ3) is 4.99. The average Bonchev–Trinajstić information content (AvgIpc) is 2.80. The summed E-state index contributed by atoms with van der Waals surface area (Å²) < 4.78 is 10.9. The molecule has 1 aromatic carbocycles. The molecule has 158 valence electrons. The Morgan fingerprint density at radius 3 is 2.27 bits per heavy atom. The van der Waals surface area contributed by atoms with E-state index in [0.717, 1.165) is 37.6 Å². The van der Waals surface area contributed by atoms with Gasteiger partial charge in [0.25, 0.3) is 5.69 Å². The number of aromatic nitrogens is 2. The molecule has 11 nitrogen and oxygen atoms in total. The second-order valence-corrected chi connectivity index (χ2v) is 6.83. The zero-order valence-corrected chi connectivity index (χ0v) is 16.4. The molecule has 11 heteroatoms. The minimum Gasteiger partial charge on any atom is -0.378 e. The van der Waals surface area contributed by atoms with E-state index in [2.05, 4.69) is 25.3 Å². The monoisotopic (exact) mass is 413 g/mol. The summed E-state index contributed by atoms with van der Waals surface area (Å²) in [6.45, 7) is 5.63. The zero-order chi connectivity index (χ0) is 20.8. The Labute approximate surface area is 173 Å². The summed E-state index contributed by atoms with van der Waals surface area (Å²) in [4.78, 5) is 23.9. The summed E-state index contributed by atoms with van der Waals surface area (Å²) in [5, 5.41) is 15.0. The molecule has 30 heavy (non-hydrogen) atoms. The molecular formula is C19H23N7O4. The van der Waals surface area contributed by atoms with Crippen molar-refractivity contribution < 1.29 is 14.4 Å². The maximum Gasteiger partial charge on any atom is 0.269 e. The van der Waals surface area contributed by atoms with Crippen molar-refractivity contribution in [1.29, 1.82) is 0 Å². The second-order valence-electron chi connectivity index (χ2n) is 6.83. The highest BCUT2D eigenvalue weighted by molar-refractivity contribution is 5.80. The maximum absolute atomic E-state index is 10.8. The van der Waals surface area contributed by atoms with Crippen molar-refractivity contribution in [2.75, 3.05) is 67.8 Å². The number of non-ortho nitro benzene ring substituents is 1. The van der Waals surface area contributed by atoms with E-state index in [1.165, 1.54) is 12.1 Å². The summed E-state index contributed by atoms with van der Waals surface area (Å²) in [5.41, 5.74) is 3.74. The van der Waals surface area contributed by atoms with Gasteiger partial charge in [0.1, 0.15) is 5.82 Å². The molecule has 0 atom stereocenters. The van der Waals surface area contributed by atoms with Gasteiger partial charge < -0.3 is 19.3 Å². The molecule has 0 bridgehead atoms. The van der Waals surface area contributed by atoms with Crippen LogP contribution in [0.25, 0.3) is 0 Å². The molecule has 2 saturated heterocycles. The maximum atomic E-state index is 10.8. The number of hydrazone groups is 1. The van der Waals surface area contributed by atoms with E-state index in [-0.39, 0.29) is 5.69 Å². The van der Waals surface area contributed by atoms with E-state index in [1.807, 2.05) is 6.07 Å². The van der Waals surface area contributed by atoms with Gasteiger partial charge in [0.2, 0.25) is 5.95 Å². The molecule has 1 aromatic heterocycles. The normalized spacial score (nSPS) is 17.3. The highest BCUT2D eigenvalue weighted by atomic mass is 16.6. The first-order valence-electron chi connectivity index (χ1n) is 9.77. The summed E-state index contributed by atoms with van der Waals surface area (Å²) in [6.07, 6.45) is 1.59. The van der Waals surface area contributed by atoms with Gasteiger partial charge in [0, 0.05) is 44.4 Å². The average molecular weight is 413 g/mol. The minimum absolute atomic E-state index is 0.0428. The largest absolute Gasteiger partial charge is 0.378 e. The fourth-order valence-electron chi connectivity index (χ4n) is 3.19. The Morgan fingerprint density at radius 1 is 1.00 bits per heavy atom. The highest BCUT2D eigenvalue weighted by Gasteiger charge is 2.19. The summed E-state index contributed by atoms with van der Waals surface area (Å²) in [5.74, 6) is 2.03. The molecule has 0 aliphatic carbocycles. The van der Waals surface area contributed by atoms with E-state index < -0.39 is 4.92 Å². The quantitative estimate of drug-likeness (QED) is 0.427. The smallest absolute Gasteiger partial charge is 0.269 e. The van der Waals surface area contributed by atoms with Crippen molar-refractivity contribution in [3.8, 4) is 0 Å². The minimum atomic E-state index is -0.430. The van der Waals surface area contributed by atoms with Crippen molar-refractivity contribution in [3.05, 3.63) is 46.0 Å². The predicted molar refractivity (Wildman–Crippen MR) is 112 cm³/mol. The lowest BCUT2D eigenvalue weighted by atomic mass is 10.2. The van der Waals surface area contributed by atoms with Crippen LogP contribution in [0.5, 0.6) is 0 Å². The first kappa shape index (κ1) is 20.0. The van der Waals surface area contributed by atoms with Gasteiger partial charge in [-0.2, -0.15) is 15.1 Å². The Balaban J connectivity index is 1.52. The molecule has 0 spiro atoms. The number of ether oxygens (including phenoxy) is 2. The number of nitrogens with zero attached hydrogens (tertiary/aromatic N) is 6. The van der Waals surface area contributed by atoms with Crippen LogP contribution >= 0.6 is 0 Å². The molecular weight excluding hydrogens is 390 g/mol. The van der Waals surface area contributed by atoms with E-state index in [9.17, 15) is 10.1 Å². The zero-order valence-electron chi connectivity index (χ0n) is 16.4. The molecule has 3 heterocycles. The van der Waals surface area contributed by atoms with Crippen LogP contribution in [0.15, 0.2) is 35.4 Å². The standard InChI is InChI=1S/C19H23N7O4/c27-26(28)16-3-1-15(2-4-16)14-20-23-17-13-18(24-5-9-29-10-6-24)22-19(21-17)25-7-11-30-12-8-25/h1-4,13-14H,5-12H2,(H,21,22,23)/b20-14+. The van der Waals surface area contributed by atoms with Gasteiger partial charge in [0.05, 0.1) is 37.6 Å². The Morgan fingerprint density at radius 2 is 1.63 bits per heavy atom. The Hall–Kier alpha value is -3.31. The van der Waals surface area contributed by atoms with E-state index in [1.54, 1.807) is 18.3 Å². The van der Waals surface area contributed by atoms with Gasteiger partial charge in [-0.3, -0.25) is 15.5 Å². The molecule has 0 saturated carbocycles. The van der Waals surface area contributed by atoms with Crippen molar-refractivity contribution in [2.24, 2.45) is 5.10 Å². The number of hydrogen-bond acceptors (Lipinski definition) is 10. The van der Waals surface area contributed by atoms with Gasteiger partial charge in [-0.15, -0.1) is 0 Å². The predicted octanol–water partition coefficient (Wildman–Crippen LogP) is 1.50. The van der Waals surface area contributed by atoms with Gasteiger partial charge >= 0.3 is 0 Å². The number of hydrogen-bond donors (Lipinski definition) is 1. The molecule has 2 aromatic rings. The van der Waals surface area contributed by atoms with Crippen LogP contribution in [0, 0.1) is 10.1 Å². The Kier molecular flexibility index (Phi) is 6.30. The van der Waals surface area contributed by atoms with Crippen LogP contribution in [0.4, 0.5) is 23.3 Å². The SMILES string of the molecule is O=[N+]([O-])c1ccc(/C=N/Nc2cc(N3CCOCC3)nc(N3CCOCC3)n2)cc1. The van der Waals surface area contributed by atoms with Crippen molar-refractivity contribution in [2.45, 2.75) is 0 Å². The van der Waals surface area contributed by atoms with Crippen LogP contribution in [-0.4, -0.2) is 73.7 Å². The fourth-order valence-corrected chi connectivity index (χ4v) is 3.19. The lowest BCUT2D eigenvalue weighted by molar-refractivity contribution is -0.384. The van der Waals surface area contributed by atoms with Crippen LogP contribution in [0.2, 0.25) is 0 Å². The summed E-state index contributed by atoms with van der Waals surface area (Å²) in [6, 6.07) is 8.03. The van der Waals surface area contributed by atoms with Gasteiger partial charge in [-0.25, -0.2) is 0 Å². The molecule has 2 aliphatic heterocycles. The van der Waals surface area contributed by atoms with Crippen LogP contribution in [0.3, 0.4) is 0 Å². The number of nitro benzene ring substituents is 1. The van der Waals surface area contributed by atoms with Crippen LogP contribution < -0.4 is 15.2 Å². The number of nitrogens with one attached hydrogen (secondary N) is 1. The van der Waals surface area contributed by atoms with Crippen LogP contribution in [-0.2, 0) is 9.47 Å². The second kappa shape index (κ2) is 9.46. The van der Waals surface area contributed by atoms with Crippen molar-refractivity contribution >= 4 is 29.5 Å². The summed E-state index contributed by atoms with van der Waals surface area (Å²) in [7, 11) is 0. The van der Waals surface area contributed by atoms with Crippen molar-refractivity contribution in [3.63, 3.8) is 0 Å². The molecule has 4 rings (SSSR count). The fraction of sp³-hybridized carbons (Fsp3) is 0.421. The molecule has 1 N–H and O–H groups in total. The Bertz CT molecular complexity index is 858. The van der Waals surface area contributed by atoms with Gasteiger partial charge in [-0.1, -0.05) is 0 Å². The third-order valence-electron chi connectivity index (χ3n) is 4.83. The van der Waals surface area contributed by atoms with Gasteiger partial charge in [0.15, 0.2) is 5.82 Å². The molecule has 2 fully saturated rings. The number of nitro groups is 1. The summed E-state index contributed by atoms with van der Waals surface area (Å²) >= 11 is 0. The van der Waals surface area contributed by atoms with E-state index >= 15 is 0 Å². The third-order valence-corrected chi connectivity index (χ3v) is 4.83. The van der Waals surface area contributed by atoms with E-state index in [0.29, 0.717) is 38.2 Å². The first-order valence-corrected chi connectivity index (χ1v) is 9.77. The number of rotatable bonds is 6. The molecule has 0 amide bonds. The topological polar surface area (TPSA) is 118 Å². The van der Waals surface area contributed by atoms with Crippen molar-refractivity contribution in [1.82, 2.24) is 9.97 Å². The lowest BCUT2D eigenvalue weighted by Gasteiger charge is -2.31. The lowest BCUT2D eigenvalue weighted by Crippen LogP contribution is -2.39. The first-order chi connectivity index (χ1) is 14.7. The van der Waals surface area contributed by atoms with Gasteiger partial charge in [-0.05, 0) is 17.7 Å². The van der Waals surface area contributed by atoms with E-state index in [4.69, 9.17) is 14.5 Å². The highest BCUT2D eigenvalue weighted by Crippen LogP contribution is 2.22. The molecule has 0 unspecified atom stereocenters. The number of morpholine rings is 2. The molecule has 0 radical (unpaired) electrons. The molecule has 2 aliphatic rings. The number of benzene rings is 1. The number of anilines is 3.